The molecule has 14 heavy (non-hydrogen) atoms. The first kappa shape index (κ1) is 12.7. The van der Waals surface area contributed by atoms with Crippen LogP contribution in [0.5, 0.6) is 0 Å². The highest BCUT2D eigenvalue weighted by Crippen LogP contribution is 2.08. The second kappa shape index (κ2) is 6.19. The van der Waals surface area contributed by atoms with Gasteiger partial charge in [-0.1, -0.05) is 32.1 Å². The molecule has 0 atom stereocenters. The number of carbonyl (C=O) groups is 1. The molecule has 0 saturated heterocycles. The smallest absolute Gasteiger partial charge is 0.221 e. The topological polar surface area (TPSA) is 29.1 Å². The molecule has 0 rings (SSSR count). The standard InChI is InChI=1S/C12H19NO/c1-6-12(13-11(5)14)8-7-10(4)9(2)3/h6-9H,1H2,2-5H3,(H,13,14)/b10-7+,12-8+. The van der Waals surface area contributed by atoms with Crippen molar-refractivity contribution in [1.29, 1.82) is 0 Å². The minimum atomic E-state index is -0.0771. The van der Waals surface area contributed by atoms with E-state index in [0.717, 1.165) is 5.70 Å². The van der Waals surface area contributed by atoms with E-state index in [1.165, 1.54) is 12.5 Å². The number of hydrogen-bond donors (Lipinski definition) is 1. The van der Waals surface area contributed by atoms with Crippen LogP contribution in [0.3, 0.4) is 0 Å². The average molecular weight is 193 g/mol. The van der Waals surface area contributed by atoms with Crippen molar-refractivity contribution in [3.05, 3.63) is 36.1 Å². The van der Waals surface area contributed by atoms with E-state index in [4.69, 9.17) is 0 Å². The van der Waals surface area contributed by atoms with Gasteiger partial charge in [-0.2, -0.15) is 0 Å². The third-order valence-electron chi connectivity index (χ3n) is 1.98. The first-order chi connectivity index (χ1) is 6.47. The summed E-state index contributed by atoms with van der Waals surface area (Å²) in [5.74, 6) is 0.446. The summed E-state index contributed by atoms with van der Waals surface area (Å²) in [6.45, 7) is 11.4. The van der Waals surface area contributed by atoms with Gasteiger partial charge in [-0.05, 0) is 25.0 Å². The van der Waals surface area contributed by atoms with E-state index < -0.39 is 0 Å². The Labute approximate surface area is 86.4 Å². The van der Waals surface area contributed by atoms with Crippen LogP contribution in [-0.4, -0.2) is 5.91 Å². The molecule has 0 aromatic heterocycles. The predicted octanol–water partition coefficient (Wildman–Crippen LogP) is 2.79. The highest BCUT2D eigenvalue weighted by Gasteiger charge is 1.95. The Morgan fingerprint density at radius 3 is 2.21 bits per heavy atom. The highest BCUT2D eigenvalue weighted by molar-refractivity contribution is 5.75. The van der Waals surface area contributed by atoms with Crippen LogP contribution < -0.4 is 5.32 Å². The Morgan fingerprint density at radius 1 is 1.29 bits per heavy atom. The van der Waals surface area contributed by atoms with Gasteiger partial charge in [0, 0.05) is 12.6 Å². The monoisotopic (exact) mass is 193 g/mol. The molecule has 0 fully saturated rings. The summed E-state index contributed by atoms with van der Waals surface area (Å²) in [6, 6.07) is 0. The van der Waals surface area contributed by atoms with Crippen LogP contribution >= 0.6 is 0 Å². The molecule has 0 aromatic rings. The Bertz CT molecular complexity index is 272. The van der Waals surface area contributed by atoms with Crippen LogP contribution in [-0.2, 0) is 4.79 Å². The summed E-state index contributed by atoms with van der Waals surface area (Å²) in [6.07, 6.45) is 5.49. The Hall–Kier alpha value is -1.31. The molecule has 0 heterocycles. The minimum absolute atomic E-state index is 0.0771. The van der Waals surface area contributed by atoms with Gasteiger partial charge in [0.1, 0.15) is 0 Å². The molecular weight excluding hydrogens is 174 g/mol. The van der Waals surface area contributed by atoms with Crippen LogP contribution in [0, 0.1) is 5.92 Å². The van der Waals surface area contributed by atoms with Gasteiger partial charge >= 0.3 is 0 Å². The zero-order valence-corrected chi connectivity index (χ0v) is 9.42. The lowest BCUT2D eigenvalue weighted by Gasteiger charge is -2.04. The van der Waals surface area contributed by atoms with Crippen molar-refractivity contribution in [1.82, 2.24) is 5.32 Å². The quantitative estimate of drug-likeness (QED) is 0.683. The van der Waals surface area contributed by atoms with Crippen LogP contribution in [0.2, 0.25) is 0 Å². The largest absolute Gasteiger partial charge is 0.326 e. The van der Waals surface area contributed by atoms with E-state index in [1.54, 1.807) is 6.08 Å². The number of rotatable bonds is 4. The van der Waals surface area contributed by atoms with Crippen molar-refractivity contribution < 1.29 is 4.79 Å². The molecule has 78 valence electrons. The van der Waals surface area contributed by atoms with Gasteiger partial charge in [0.2, 0.25) is 5.91 Å². The van der Waals surface area contributed by atoms with Crippen molar-refractivity contribution in [2.45, 2.75) is 27.7 Å². The summed E-state index contributed by atoms with van der Waals surface area (Å²) in [7, 11) is 0. The van der Waals surface area contributed by atoms with E-state index in [9.17, 15) is 4.79 Å². The molecule has 0 aromatic carbocycles. The lowest BCUT2D eigenvalue weighted by molar-refractivity contribution is -0.118. The summed E-state index contributed by atoms with van der Waals surface area (Å²) in [4.78, 5) is 10.8. The van der Waals surface area contributed by atoms with E-state index in [2.05, 4.69) is 32.7 Å². The van der Waals surface area contributed by atoms with Gasteiger partial charge < -0.3 is 5.32 Å². The zero-order valence-electron chi connectivity index (χ0n) is 9.42. The molecule has 0 aliphatic carbocycles. The third-order valence-corrected chi connectivity index (χ3v) is 1.98. The summed E-state index contributed by atoms with van der Waals surface area (Å²) >= 11 is 0. The number of hydrogen-bond acceptors (Lipinski definition) is 1. The molecule has 0 unspecified atom stereocenters. The Morgan fingerprint density at radius 2 is 1.86 bits per heavy atom. The summed E-state index contributed by atoms with van der Waals surface area (Å²) < 4.78 is 0. The highest BCUT2D eigenvalue weighted by atomic mass is 16.1. The Balaban J connectivity index is 4.53. The molecular formula is C12H19NO. The Kier molecular flexibility index (Phi) is 5.61. The van der Waals surface area contributed by atoms with E-state index in [1.807, 2.05) is 12.2 Å². The number of carbonyl (C=O) groups excluding carboxylic acids is 1. The number of nitrogens with one attached hydrogen (secondary N) is 1. The summed E-state index contributed by atoms with van der Waals surface area (Å²) in [5, 5.41) is 2.68. The van der Waals surface area contributed by atoms with Crippen molar-refractivity contribution in [2.24, 2.45) is 5.92 Å². The van der Waals surface area contributed by atoms with Gasteiger partial charge in [0.05, 0.1) is 0 Å². The van der Waals surface area contributed by atoms with Gasteiger partial charge in [-0.25, -0.2) is 0 Å². The first-order valence-corrected chi connectivity index (χ1v) is 4.76. The fourth-order valence-corrected chi connectivity index (χ4v) is 0.778. The van der Waals surface area contributed by atoms with E-state index in [0.29, 0.717) is 5.92 Å². The normalized spacial score (nSPS) is 12.9. The molecule has 0 aliphatic heterocycles. The van der Waals surface area contributed by atoms with Crippen LogP contribution in [0.25, 0.3) is 0 Å². The van der Waals surface area contributed by atoms with Gasteiger partial charge in [-0.15, -0.1) is 0 Å². The fourth-order valence-electron chi connectivity index (χ4n) is 0.778. The minimum Gasteiger partial charge on any atom is -0.326 e. The third kappa shape index (κ3) is 5.36. The lowest BCUT2D eigenvalue weighted by Crippen LogP contribution is -2.17. The molecule has 2 nitrogen and oxygen atoms in total. The maximum atomic E-state index is 10.8. The maximum Gasteiger partial charge on any atom is 0.221 e. The average Bonchev–Trinajstić information content (AvgIpc) is 2.10. The molecule has 0 saturated carbocycles. The second-order valence-electron chi connectivity index (χ2n) is 3.57. The van der Waals surface area contributed by atoms with Gasteiger partial charge in [0.25, 0.3) is 0 Å². The molecule has 2 heteroatoms. The molecule has 0 aliphatic rings. The van der Waals surface area contributed by atoms with Gasteiger partial charge in [-0.3, -0.25) is 4.79 Å². The molecule has 1 amide bonds. The first-order valence-electron chi connectivity index (χ1n) is 4.76. The SMILES string of the molecule is C=C/C(=C\C=C(/C)C(C)C)NC(C)=O. The van der Waals surface area contributed by atoms with Crippen molar-refractivity contribution in [2.75, 3.05) is 0 Å². The second-order valence-corrected chi connectivity index (χ2v) is 3.57. The number of allylic oxidation sites excluding steroid dienone is 4. The van der Waals surface area contributed by atoms with E-state index >= 15 is 0 Å². The predicted molar refractivity (Wildman–Crippen MR) is 60.7 cm³/mol. The molecule has 0 radical (unpaired) electrons. The fraction of sp³-hybridized carbons (Fsp3) is 0.417. The van der Waals surface area contributed by atoms with Crippen molar-refractivity contribution >= 4 is 5.91 Å². The maximum absolute atomic E-state index is 10.8. The van der Waals surface area contributed by atoms with E-state index in [-0.39, 0.29) is 5.91 Å². The number of amides is 1. The lowest BCUT2D eigenvalue weighted by atomic mass is 10.1. The van der Waals surface area contributed by atoms with Gasteiger partial charge in [0.15, 0.2) is 0 Å². The zero-order chi connectivity index (χ0) is 11.1. The van der Waals surface area contributed by atoms with Crippen molar-refractivity contribution in [3.63, 3.8) is 0 Å². The molecule has 0 spiro atoms. The van der Waals surface area contributed by atoms with Crippen LogP contribution in [0.1, 0.15) is 27.7 Å². The van der Waals surface area contributed by atoms with Crippen LogP contribution in [0.15, 0.2) is 36.1 Å². The molecule has 0 bridgehead atoms. The molecule has 1 N–H and O–H groups in total. The summed E-state index contributed by atoms with van der Waals surface area (Å²) in [5.41, 5.74) is 2.01. The van der Waals surface area contributed by atoms with Crippen LogP contribution in [0.4, 0.5) is 0 Å². The van der Waals surface area contributed by atoms with Crippen molar-refractivity contribution in [3.8, 4) is 0 Å².